The molecule has 0 saturated heterocycles. The van der Waals surface area contributed by atoms with Crippen LogP contribution in [0.25, 0.3) is 33.4 Å². The summed E-state index contributed by atoms with van der Waals surface area (Å²) >= 11 is 10.8. The molecular weight excluding hydrogens is 762 g/mol. The van der Waals surface area contributed by atoms with E-state index in [2.05, 4.69) is 175 Å². The first-order valence-corrected chi connectivity index (χ1v) is 17.6. The molecule has 3 aliphatic rings. The molecule has 1 amide bonds. The van der Waals surface area contributed by atoms with Crippen LogP contribution in [-0.2, 0) is 10.2 Å². The average Bonchev–Trinajstić information content (AvgIpc) is 3.08. The molecule has 224 valence electrons. The lowest BCUT2D eigenvalue weighted by molar-refractivity contribution is -0.132. The summed E-state index contributed by atoms with van der Waals surface area (Å²) in [5, 5.41) is 0. The molecule has 6 aromatic carbocycles. The first kappa shape index (κ1) is 29.6. The van der Waals surface area contributed by atoms with E-state index in [1.54, 1.807) is 4.90 Å². The van der Waals surface area contributed by atoms with Gasteiger partial charge < -0.3 is 4.90 Å². The van der Waals surface area contributed by atoms with Gasteiger partial charge in [-0.1, -0.05) is 121 Å². The van der Waals surface area contributed by atoms with Crippen molar-refractivity contribution in [1.82, 2.24) is 4.90 Å². The zero-order valence-corrected chi connectivity index (χ0v) is 29.9. The molecule has 6 aromatic rings. The van der Waals surface area contributed by atoms with Gasteiger partial charge in [0.05, 0.1) is 0 Å². The fourth-order valence-corrected chi connectivity index (χ4v) is 8.28. The van der Waals surface area contributed by atoms with Crippen molar-refractivity contribution in [1.29, 1.82) is 0 Å². The first-order valence-electron chi connectivity index (χ1n) is 15.2. The zero-order valence-electron chi connectivity index (χ0n) is 25.2. The van der Waals surface area contributed by atoms with Gasteiger partial charge in [-0.2, -0.15) is 0 Å². The molecule has 0 heterocycles. The SMILES string of the molecule is CN(C)C(=O)C12c3cc(-c4ccc(Br)cc4)ccc3C(c3ccc(-c4ccc(Br)cc4)cc31)c1ccc(-c3ccc(Br)cc3)cc12. The Morgan fingerprint density at radius 3 is 1.04 bits per heavy atom. The van der Waals surface area contributed by atoms with Gasteiger partial charge in [0.1, 0.15) is 5.41 Å². The molecule has 46 heavy (non-hydrogen) atoms. The summed E-state index contributed by atoms with van der Waals surface area (Å²) in [4.78, 5) is 16.9. The maximum atomic E-state index is 15.1. The van der Waals surface area contributed by atoms with Gasteiger partial charge in [-0.05, 0) is 121 Å². The molecular formula is C41H28Br3NO. The van der Waals surface area contributed by atoms with Crippen molar-refractivity contribution in [3.63, 3.8) is 0 Å². The van der Waals surface area contributed by atoms with E-state index in [0.29, 0.717) is 0 Å². The van der Waals surface area contributed by atoms with Crippen LogP contribution in [0.5, 0.6) is 0 Å². The first-order chi connectivity index (χ1) is 22.3. The molecule has 0 atom stereocenters. The number of benzene rings is 6. The summed E-state index contributed by atoms with van der Waals surface area (Å²) in [7, 11) is 3.76. The number of carbonyl (C=O) groups excluding carboxylic acids is 1. The van der Waals surface area contributed by atoms with Crippen LogP contribution in [0.3, 0.4) is 0 Å². The number of likely N-dealkylation sites (N-methyl/N-ethyl adjacent to an activating group) is 1. The Kier molecular flexibility index (Phi) is 7.20. The molecule has 0 unspecified atom stereocenters. The average molecular weight is 790 g/mol. The molecule has 0 aliphatic heterocycles. The number of amides is 1. The van der Waals surface area contributed by atoms with Crippen LogP contribution in [0.1, 0.15) is 39.3 Å². The van der Waals surface area contributed by atoms with E-state index in [1.807, 2.05) is 14.1 Å². The third-order valence-electron chi connectivity index (χ3n) is 9.56. The highest BCUT2D eigenvalue weighted by Gasteiger charge is 2.57. The molecule has 0 radical (unpaired) electrons. The summed E-state index contributed by atoms with van der Waals surface area (Å²) in [6, 6.07) is 45.4. The largest absolute Gasteiger partial charge is 0.347 e. The lowest BCUT2D eigenvalue weighted by Gasteiger charge is -2.50. The van der Waals surface area contributed by atoms with E-state index < -0.39 is 5.41 Å². The van der Waals surface area contributed by atoms with Crippen molar-refractivity contribution in [3.05, 3.63) is 174 Å². The normalized spacial score (nSPS) is 17.2. The summed E-state index contributed by atoms with van der Waals surface area (Å²) in [5.41, 5.74) is 12.4. The van der Waals surface area contributed by atoms with E-state index in [0.717, 1.165) is 63.5 Å². The van der Waals surface area contributed by atoms with E-state index >= 15 is 4.79 Å². The lowest BCUT2D eigenvalue weighted by Crippen LogP contribution is -2.52. The smallest absolute Gasteiger partial charge is 0.241 e. The van der Waals surface area contributed by atoms with Crippen molar-refractivity contribution in [2.75, 3.05) is 14.1 Å². The number of nitrogens with zero attached hydrogens (tertiary/aromatic N) is 1. The molecule has 0 fully saturated rings. The fraction of sp³-hybridized carbons (Fsp3) is 0.0976. The zero-order chi connectivity index (χ0) is 31.7. The second-order valence-corrected chi connectivity index (χ2v) is 15.1. The minimum absolute atomic E-state index is 0.0220. The molecule has 2 bridgehead atoms. The van der Waals surface area contributed by atoms with Crippen molar-refractivity contribution in [2.45, 2.75) is 11.3 Å². The van der Waals surface area contributed by atoms with Gasteiger partial charge in [0.15, 0.2) is 0 Å². The van der Waals surface area contributed by atoms with Crippen LogP contribution in [0.4, 0.5) is 0 Å². The van der Waals surface area contributed by atoms with E-state index in [4.69, 9.17) is 0 Å². The third-order valence-corrected chi connectivity index (χ3v) is 11.2. The molecule has 9 rings (SSSR count). The van der Waals surface area contributed by atoms with Crippen molar-refractivity contribution >= 4 is 53.7 Å². The predicted molar refractivity (Wildman–Crippen MR) is 198 cm³/mol. The van der Waals surface area contributed by atoms with E-state index in [-0.39, 0.29) is 11.8 Å². The Hall–Kier alpha value is -3.77. The quantitative estimate of drug-likeness (QED) is 0.174. The Balaban J connectivity index is 1.45. The van der Waals surface area contributed by atoms with Crippen LogP contribution in [0.15, 0.2) is 141 Å². The number of hydrogen-bond donors (Lipinski definition) is 0. The topological polar surface area (TPSA) is 20.3 Å². The predicted octanol–water partition coefficient (Wildman–Crippen LogP) is 11.2. The van der Waals surface area contributed by atoms with Crippen LogP contribution in [0.2, 0.25) is 0 Å². The van der Waals surface area contributed by atoms with Crippen molar-refractivity contribution < 1.29 is 4.79 Å². The highest BCUT2D eigenvalue weighted by Crippen LogP contribution is 2.61. The van der Waals surface area contributed by atoms with E-state index in [1.165, 1.54) is 16.7 Å². The van der Waals surface area contributed by atoms with Gasteiger partial charge in [-0.15, -0.1) is 0 Å². The van der Waals surface area contributed by atoms with Gasteiger partial charge in [-0.3, -0.25) is 4.79 Å². The molecule has 2 nitrogen and oxygen atoms in total. The maximum Gasteiger partial charge on any atom is 0.241 e. The second-order valence-electron chi connectivity index (χ2n) is 12.3. The molecule has 0 saturated carbocycles. The summed E-state index contributed by atoms with van der Waals surface area (Å²) in [5.74, 6) is 0.0806. The molecule has 0 aromatic heterocycles. The number of halogens is 3. The monoisotopic (exact) mass is 787 g/mol. The fourth-order valence-electron chi connectivity index (χ4n) is 7.48. The van der Waals surface area contributed by atoms with Crippen LogP contribution in [0, 0.1) is 0 Å². The summed E-state index contributed by atoms with van der Waals surface area (Å²) in [6.07, 6.45) is 0. The third kappa shape index (κ3) is 4.51. The standard InChI is InChI=1S/C41H28Br3NO/c1-45(2)40(46)41-36-21-27(24-3-12-30(42)13-4-24)9-18-33(36)39(34-19-10-28(22-37(34)41)25-5-14-31(43)15-6-25)35-20-11-29(23-38(35)41)26-7-16-32(44)17-8-26/h3-23,39H,1-2H3. The van der Waals surface area contributed by atoms with Crippen molar-refractivity contribution in [2.24, 2.45) is 0 Å². The highest BCUT2D eigenvalue weighted by molar-refractivity contribution is 9.11. The van der Waals surface area contributed by atoms with Gasteiger partial charge in [-0.25, -0.2) is 0 Å². The van der Waals surface area contributed by atoms with Gasteiger partial charge in [0, 0.05) is 33.4 Å². The van der Waals surface area contributed by atoms with Crippen LogP contribution in [-0.4, -0.2) is 24.9 Å². The second kappa shape index (κ2) is 11.2. The maximum absolute atomic E-state index is 15.1. The molecule has 3 aliphatic carbocycles. The molecule has 0 spiro atoms. The number of hydrogen-bond acceptors (Lipinski definition) is 1. The highest BCUT2D eigenvalue weighted by atomic mass is 79.9. The minimum Gasteiger partial charge on any atom is -0.347 e. The number of rotatable bonds is 4. The van der Waals surface area contributed by atoms with E-state index in [9.17, 15) is 0 Å². The molecule has 0 N–H and O–H groups in total. The summed E-state index contributed by atoms with van der Waals surface area (Å²) < 4.78 is 3.11. The Morgan fingerprint density at radius 1 is 0.478 bits per heavy atom. The number of carbonyl (C=O) groups is 1. The summed E-state index contributed by atoms with van der Waals surface area (Å²) in [6.45, 7) is 0. The van der Waals surface area contributed by atoms with Gasteiger partial charge >= 0.3 is 0 Å². The molecule has 5 heteroatoms. The van der Waals surface area contributed by atoms with Crippen molar-refractivity contribution in [3.8, 4) is 33.4 Å². The Morgan fingerprint density at radius 2 is 0.761 bits per heavy atom. The van der Waals surface area contributed by atoms with Crippen LogP contribution >= 0.6 is 47.8 Å². The Labute approximate surface area is 294 Å². The van der Waals surface area contributed by atoms with Gasteiger partial charge in [0.25, 0.3) is 0 Å². The Bertz CT molecular complexity index is 1930. The van der Waals surface area contributed by atoms with Gasteiger partial charge in [0.2, 0.25) is 5.91 Å². The lowest BCUT2D eigenvalue weighted by atomic mass is 9.52. The minimum atomic E-state index is -1.03. The van der Waals surface area contributed by atoms with Crippen LogP contribution < -0.4 is 0 Å².